The lowest BCUT2D eigenvalue weighted by molar-refractivity contribution is -0.150. The molecule has 1 saturated carbocycles. The van der Waals surface area contributed by atoms with E-state index in [2.05, 4.69) is 5.32 Å². The van der Waals surface area contributed by atoms with Crippen LogP contribution in [-0.4, -0.2) is 71.0 Å². The zero-order valence-corrected chi connectivity index (χ0v) is 18.1. The maximum absolute atomic E-state index is 13.2. The fourth-order valence-electron chi connectivity index (χ4n) is 5.39. The van der Waals surface area contributed by atoms with Gasteiger partial charge >= 0.3 is 0 Å². The van der Waals surface area contributed by atoms with Crippen LogP contribution >= 0.6 is 0 Å². The van der Waals surface area contributed by atoms with Crippen molar-refractivity contribution >= 4 is 17.7 Å². The molecule has 31 heavy (non-hydrogen) atoms. The average Bonchev–Trinajstić information content (AvgIpc) is 2.82. The first kappa shape index (κ1) is 21.8. The second kappa shape index (κ2) is 9.39. The van der Waals surface area contributed by atoms with E-state index in [1.165, 1.54) is 0 Å². The zero-order valence-electron chi connectivity index (χ0n) is 18.1. The molecule has 3 aliphatic rings. The lowest BCUT2D eigenvalue weighted by atomic mass is 9.71. The van der Waals surface area contributed by atoms with Crippen molar-refractivity contribution in [3.8, 4) is 0 Å². The molecule has 2 aliphatic heterocycles. The number of likely N-dealkylation sites (tertiary alicyclic amines) is 2. The van der Waals surface area contributed by atoms with Gasteiger partial charge in [0.1, 0.15) is 0 Å². The van der Waals surface area contributed by atoms with Gasteiger partial charge in [-0.3, -0.25) is 14.4 Å². The van der Waals surface area contributed by atoms with Crippen LogP contribution in [-0.2, 0) is 9.59 Å². The Morgan fingerprint density at radius 3 is 2.58 bits per heavy atom. The maximum atomic E-state index is 13.2. The minimum atomic E-state index is -0.597. The third-order valence-electron chi connectivity index (χ3n) is 7.30. The number of amides is 3. The number of carbonyl (C=O) groups excluding carboxylic acids is 3. The predicted octanol–water partition coefficient (Wildman–Crippen LogP) is 1.81. The normalized spacial score (nSPS) is 28.5. The summed E-state index contributed by atoms with van der Waals surface area (Å²) in [7, 11) is 0. The molecule has 2 N–H and O–H groups in total. The van der Waals surface area contributed by atoms with Crippen LogP contribution in [0.5, 0.6) is 0 Å². The van der Waals surface area contributed by atoms with E-state index in [0.717, 1.165) is 38.5 Å². The van der Waals surface area contributed by atoms with Gasteiger partial charge in [-0.2, -0.15) is 0 Å². The first-order valence-corrected chi connectivity index (χ1v) is 11.6. The van der Waals surface area contributed by atoms with Crippen LogP contribution in [0.2, 0.25) is 0 Å². The van der Waals surface area contributed by atoms with Crippen LogP contribution in [0.4, 0.5) is 0 Å². The second-order valence-electron chi connectivity index (χ2n) is 9.31. The molecule has 0 aromatic heterocycles. The highest BCUT2D eigenvalue weighted by molar-refractivity contribution is 5.96. The molecule has 7 nitrogen and oxygen atoms in total. The Hall–Kier alpha value is -2.41. The number of nitrogens with one attached hydrogen (secondary N) is 1. The number of hydrogen-bond acceptors (Lipinski definition) is 4. The zero-order chi connectivity index (χ0) is 21.8. The molecule has 2 heterocycles. The molecule has 1 aliphatic carbocycles. The van der Waals surface area contributed by atoms with Gasteiger partial charge in [0.2, 0.25) is 11.8 Å². The summed E-state index contributed by atoms with van der Waals surface area (Å²) < 4.78 is 0. The van der Waals surface area contributed by atoms with Crippen molar-refractivity contribution < 1.29 is 19.5 Å². The SMILES string of the molecule is O=C(NCC(=O)N1CCC[C@@H](C(=O)N2CC[C@@]3(O)CCCC[C@H]3C2)C1)c1ccccc1. The summed E-state index contributed by atoms with van der Waals surface area (Å²) in [6.45, 7) is 2.19. The van der Waals surface area contributed by atoms with E-state index in [9.17, 15) is 19.5 Å². The standard InChI is InChI=1S/C24H33N3O4/c28-21(15-25-22(29)18-7-2-1-3-8-18)26-13-6-9-19(16-26)23(30)27-14-12-24(31)11-5-4-10-20(24)17-27/h1-3,7-8,19-20,31H,4-6,9-17H2,(H,25,29)/t19-,20+,24+/m1/s1. The fourth-order valence-corrected chi connectivity index (χ4v) is 5.39. The Kier molecular flexibility index (Phi) is 6.60. The van der Waals surface area contributed by atoms with Crippen molar-refractivity contribution in [3.05, 3.63) is 35.9 Å². The lowest BCUT2D eigenvalue weighted by Crippen LogP contribution is -2.57. The van der Waals surface area contributed by atoms with Gasteiger partial charge in [0, 0.05) is 37.7 Å². The van der Waals surface area contributed by atoms with Crippen molar-refractivity contribution in [1.82, 2.24) is 15.1 Å². The number of rotatable bonds is 4. The van der Waals surface area contributed by atoms with Crippen molar-refractivity contribution in [2.75, 3.05) is 32.7 Å². The van der Waals surface area contributed by atoms with E-state index in [1.54, 1.807) is 29.2 Å². The first-order valence-electron chi connectivity index (χ1n) is 11.6. The highest BCUT2D eigenvalue weighted by atomic mass is 16.3. The van der Waals surface area contributed by atoms with Crippen molar-refractivity contribution in [1.29, 1.82) is 0 Å². The first-order chi connectivity index (χ1) is 15.0. The van der Waals surface area contributed by atoms with Gasteiger partial charge in [-0.15, -0.1) is 0 Å². The third-order valence-corrected chi connectivity index (χ3v) is 7.30. The number of nitrogens with zero attached hydrogens (tertiary/aromatic N) is 2. The molecule has 168 valence electrons. The van der Waals surface area contributed by atoms with Crippen LogP contribution in [0, 0.1) is 11.8 Å². The van der Waals surface area contributed by atoms with E-state index in [4.69, 9.17) is 0 Å². The van der Waals surface area contributed by atoms with E-state index < -0.39 is 5.60 Å². The summed E-state index contributed by atoms with van der Waals surface area (Å²) in [4.78, 5) is 41.7. The van der Waals surface area contributed by atoms with Gasteiger partial charge in [-0.25, -0.2) is 0 Å². The minimum Gasteiger partial charge on any atom is -0.389 e. The molecule has 0 radical (unpaired) electrons. The van der Waals surface area contributed by atoms with Crippen LogP contribution in [0.25, 0.3) is 0 Å². The molecule has 7 heteroatoms. The number of benzene rings is 1. The largest absolute Gasteiger partial charge is 0.389 e. The van der Waals surface area contributed by atoms with Crippen molar-refractivity contribution in [2.45, 2.75) is 50.5 Å². The number of piperidine rings is 2. The Bertz CT molecular complexity index is 814. The Morgan fingerprint density at radius 2 is 1.77 bits per heavy atom. The van der Waals surface area contributed by atoms with E-state index in [1.807, 2.05) is 11.0 Å². The molecule has 4 rings (SSSR count). The quantitative estimate of drug-likeness (QED) is 0.767. The molecule has 3 atom stereocenters. The average molecular weight is 428 g/mol. The Balaban J connectivity index is 1.29. The molecule has 0 spiro atoms. The lowest BCUT2D eigenvalue weighted by Gasteiger charge is -2.48. The molecule has 0 unspecified atom stereocenters. The third kappa shape index (κ3) is 4.92. The number of aliphatic hydroxyl groups is 1. The van der Waals surface area contributed by atoms with Gasteiger partial charge in [0.25, 0.3) is 5.91 Å². The fraction of sp³-hybridized carbons (Fsp3) is 0.625. The molecule has 3 fully saturated rings. The van der Waals surface area contributed by atoms with E-state index >= 15 is 0 Å². The van der Waals surface area contributed by atoms with Gasteiger partial charge in [-0.1, -0.05) is 31.0 Å². The molecular formula is C24H33N3O4. The molecule has 0 bridgehead atoms. The van der Waals surface area contributed by atoms with Crippen molar-refractivity contribution in [2.24, 2.45) is 11.8 Å². The molecular weight excluding hydrogens is 394 g/mol. The van der Waals surface area contributed by atoms with Crippen molar-refractivity contribution in [3.63, 3.8) is 0 Å². The Morgan fingerprint density at radius 1 is 0.968 bits per heavy atom. The molecule has 1 aromatic rings. The van der Waals surface area contributed by atoms with Crippen LogP contribution in [0.3, 0.4) is 0 Å². The number of fused-ring (bicyclic) bond motifs is 1. The second-order valence-corrected chi connectivity index (χ2v) is 9.31. The van der Waals surface area contributed by atoms with E-state index in [-0.39, 0.29) is 36.1 Å². The minimum absolute atomic E-state index is 0.0620. The van der Waals surface area contributed by atoms with Crippen LogP contribution < -0.4 is 5.32 Å². The van der Waals surface area contributed by atoms with Gasteiger partial charge in [0.05, 0.1) is 18.1 Å². The Labute approximate surface area is 183 Å². The number of hydrogen-bond donors (Lipinski definition) is 2. The van der Waals surface area contributed by atoms with E-state index in [0.29, 0.717) is 38.2 Å². The van der Waals surface area contributed by atoms with Crippen LogP contribution in [0.1, 0.15) is 55.3 Å². The highest BCUT2D eigenvalue weighted by Crippen LogP contribution is 2.40. The predicted molar refractivity (Wildman–Crippen MR) is 116 cm³/mol. The smallest absolute Gasteiger partial charge is 0.251 e. The number of carbonyl (C=O) groups is 3. The summed E-state index contributed by atoms with van der Waals surface area (Å²) in [6.07, 6.45) is 6.25. The maximum Gasteiger partial charge on any atom is 0.251 e. The highest BCUT2D eigenvalue weighted by Gasteiger charge is 2.44. The van der Waals surface area contributed by atoms with Crippen LogP contribution in [0.15, 0.2) is 30.3 Å². The summed E-state index contributed by atoms with van der Waals surface area (Å²) in [5.41, 5.74) is -0.0737. The summed E-state index contributed by atoms with van der Waals surface area (Å²) >= 11 is 0. The van der Waals surface area contributed by atoms with Gasteiger partial charge < -0.3 is 20.2 Å². The summed E-state index contributed by atoms with van der Waals surface area (Å²) in [6, 6.07) is 8.82. The van der Waals surface area contributed by atoms with Gasteiger partial charge in [-0.05, 0) is 44.2 Å². The van der Waals surface area contributed by atoms with Gasteiger partial charge in [0.15, 0.2) is 0 Å². The molecule has 2 saturated heterocycles. The molecule has 3 amide bonds. The summed E-state index contributed by atoms with van der Waals surface area (Å²) in [5, 5.41) is 13.6. The molecule has 1 aromatic carbocycles. The monoisotopic (exact) mass is 427 g/mol. The summed E-state index contributed by atoms with van der Waals surface area (Å²) in [5.74, 6) is -0.335. The topological polar surface area (TPSA) is 90.0 Å².